The quantitative estimate of drug-likeness (QED) is 0.645. The Kier molecular flexibility index (Phi) is 2.34. The molecule has 1 aliphatic carbocycles. The number of rotatable bonds is 2. The number of hydrogen-bond acceptors (Lipinski definition) is 1. The van der Waals surface area contributed by atoms with Crippen LogP contribution in [0, 0.1) is 5.82 Å². The summed E-state index contributed by atoms with van der Waals surface area (Å²) in [5.74, 6) is 0.720. The Morgan fingerprint density at radius 1 is 1.50 bits per heavy atom. The molecule has 74 valence electrons. The molecule has 3 heteroatoms. The molecule has 1 fully saturated rings. The third-order valence-corrected chi connectivity index (χ3v) is 2.80. The van der Waals surface area contributed by atoms with Crippen LogP contribution in [0.15, 0.2) is 6.20 Å². The van der Waals surface area contributed by atoms with Crippen molar-refractivity contribution in [3.63, 3.8) is 0 Å². The van der Waals surface area contributed by atoms with Gasteiger partial charge in [0.25, 0.3) is 0 Å². The van der Waals surface area contributed by atoms with Crippen LogP contribution in [0.5, 0.6) is 0 Å². The predicted molar refractivity (Wildman–Crippen MR) is 58.4 cm³/mol. The fourth-order valence-corrected chi connectivity index (χ4v) is 1.85. The Bertz CT molecular complexity index is 359. The van der Waals surface area contributed by atoms with Crippen LogP contribution in [0.3, 0.4) is 0 Å². The molecule has 1 heterocycles. The van der Waals surface area contributed by atoms with Crippen molar-refractivity contribution in [2.75, 3.05) is 0 Å². The van der Waals surface area contributed by atoms with E-state index in [0.717, 1.165) is 11.3 Å². The molecule has 0 radical (unpaired) electrons. The van der Waals surface area contributed by atoms with Gasteiger partial charge < -0.3 is 0 Å². The van der Waals surface area contributed by atoms with Crippen molar-refractivity contribution >= 4 is 13.3 Å². The van der Waals surface area contributed by atoms with Gasteiger partial charge in [0.05, 0.1) is 0 Å². The lowest BCUT2D eigenvalue weighted by atomic mass is 9.90. The zero-order valence-corrected chi connectivity index (χ0v) is 8.97. The van der Waals surface area contributed by atoms with Crippen LogP contribution in [0.4, 0.5) is 4.39 Å². The van der Waals surface area contributed by atoms with Crippen molar-refractivity contribution in [2.24, 2.45) is 0 Å². The largest absolute Gasteiger partial charge is 0.261 e. The summed E-state index contributed by atoms with van der Waals surface area (Å²) in [6.07, 6.45) is 4.01. The first-order valence-corrected chi connectivity index (χ1v) is 5.26. The smallest absolute Gasteiger partial charge is 0.145 e. The Labute approximate surface area is 85.2 Å². The third-order valence-electron chi connectivity index (χ3n) is 2.80. The van der Waals surface area contributed by atoms with Crippen LogP contribution in [0.2, 0.25) is 0 Å². The Hall–Kier alpha value is -0.855. The zero-order valence-electron chi connectivity index (χ0n) is 8.97. The number of hydrogen-bond donors (Lipinski definition) is 0. The fourth-order valence-electron chi connectivity index (χ4n) is 1.85. The van der Waals surface area contributed by atoms with Gasteiger partial charge in [-0.2, -0.15) is 0 Å². The van der Waals surface area contributed by atoms with E-state index >= 15 is 0 Å². The summed E-state index contributed by atoms with van der Waals surface area (Å²) in [4.78, 5) is 4.38. The molecule has 0 atom stereocenters. The van der Waals surface area contributed by atoms with Crippen molar-refractivity contribution < 1.29 is 4.39 Å². The minimum Gasteiger partial charge on any atom is -0.261 e. The maximum absolute atomic E-state index is 13.9. The normalized spacial score (nSPS) is 16.3. The highest BCUT2D eigenvalue weighted by Gasteiger charge is 2.30. The highest BCUT2D eigenvalue weighted by molar-refractivity contribution is 6.32. The van der Waals surface area contributed by atoms with Gasteiger partial charge in [0.15, 0.2) is 0 Å². The van der Waals surface area contributed by atoms with E-state index in [-0.39, 0.29) is 11.7 Å². The molecule has 1 nitrogen and oxygen atoms in total. The molecule has 2 rings (SSSR count). The first-order chi connectivity index (χ1) is 6.61. The molecule has 0 spiro atoms. The van der Waals surface area contributed by atoms with Gasteiger partial charge in [-0.15, -0.1) is 0 Å². The van der Waals surface area contributed by atoms with E-state index in [9.17, 15) is 4.39 Å². The van der Waals surface area contributed by atoms with Crippen LogP contribution in [-0.2, 0) is 0 Å². The van der Waals surface area contributed by atoms with E-state index in [1.807, 2.05) is 13.8 Å². The summed E-state index contributed by atoms with van der Waals surface area (Å²) in [6, 6.07) is 0. The van der Waals surface area contributed by atoms with E-state index in [2.05, 4.69) is 4.98 Å². The highest BCUT2D eigenvalue weighted by atomic mass is 19.1. The standard InChI is InChI=1S/C11H15BFN/c1-6(2)9-10(13)8(12)5-14-11(9)7-3-4-7/h5-7H,3-4,12H2,1-2H3. The molecular weight excluding hydrogens is 176 g/mol. The average molecular weight is 191 g/mol. The molecule has 14 heavy (non-hydrogen) atoms. The minimum absolute atomic E-state index is 0.0445. The second-order valence-corrected chi connectivity index (χ2v) is 4.48. The molecule has 1 aromatic rings. The monoisotopic (exact) mass is 191 g/mol. The molecule has 0 bridgehead atoms. The van der Waals surface area contributed by atoms with E-state index in [1.165, 1.54) is 12.8 Å². The van der Waals surface area contributed by atoms with Gasteiger partial charge in [0, 0.05) is 23.4 Å². The third kappa shape index (κ3) is 1.56. The molecule has 1 saturated carbocycles. The maximum atomic E-state index is 13.9. The van der Waals surface area contributed by atoms with Crippen molar-refractivity contribution in [1.29, 1.82) is 0 Å². The SMILES string of the molecule is Bc1cnc(C2CC2)c(C(C)C)c1F. The van der Waals surface area contributed by atoms with E-state index < -0.39 is 0 Å². The molecule has 1 aromatic heterocycles. The van der Waals surface area contributed by atoms with E-state index in [1.54, 1.807) is 14.0 Å². The zero-order chi connectivity index (χ0) is 10.3. The van der Waals surface area contributed by atoms with E-state index in [0.29, 0.717) is 11.4 Å². The molecule has 0 N–H and O–H groups in total. The summed E-state index contributed by atoms with van der Waals surface area (Å²) < 4.78 is 13.9. The van der Waals surface area contributed by atoms with Crippen LogP contribution in [0.25, 0.3) is 0 Å². The van der Waals surface area contributed by atoms with Crippen LogP contribution < -0.4 is 5.46 Å². The molecule has 0 amide bonds. The molecule has 0 aliphatic heterocycles. The molecule has 1 aliphatic rings. The average Bonchev–Trinajstić information content (AvgIpc) is 2.91. The fraction of sp³-hybridized carbons (Fsp3) is 0.545. The summed E-state index contributed by atoms with van der Waals surface area (Å²) in [5, 5.41) is 0. The number of aromatic nitrogens is 1. The van der Waals surface area contributed by atoms with E-state index in [4.69, 9.17) is 0 Å². The maximum Gasteiger partial charge on any atom is 0.145 e. The highest BCUT2D eigenvalue weighted by Crippen LogP contribution is 2.42. The Balaban J connectivity index is 2.53. The second-order valence-electron chi connectivity index (χ2n) is 4.48. The van der Waals surface area contributed by atoms with Crippen molar-refractivity contribution in [1.82, 2.24) is 4.98 Å². The molecule has 0 saturated heterocycles. The summed E-state index contributed by atoms with van der Waals surface area (Å²) in [5.41, 5.74) is 2.51. The molecular formula is C11H15BFN. The Morgan fingerprint density at radius 2 is 2.14 bits per heavy atom. The topological polar surface area (TPSA) is 12.9 Å². The summed E-state index contributed by atoms with van der Waals surface area (Å²) >= 11 is 0. The van der Waals surface area contributed by atoms with Crippen molar-refractivity contribution in [3.8, 4) is 0 Å². The predicted octanol–water partition coefficient (Wildman–Crippen LogP) is 1.48. The van der Waals surface area contributed by atoms with Gasteiger partial charge in [-0.1, -0.05) is 13.8 Å². The summed E-state index contributed by atoms with van der Waals surface area (Å²) in [6.45, 7) is 4.07. The number of pyridine rings is 1. The van der Waals surface area contributed by atoms with Gasteiger partial charge in [0.2, 0.25) is 0 Å². The lowest BCUT2D eigenvalue weighted by Gasteiger charge is -2.13. The van der Waals surface area contributed by atoms with Gasteiger partial charge in [-0.25, -0.2) is 4.39 Å². The number of halogens is 1. The van der Waals surface area contributed by atoms with Crippen molar-refractivity contribution in [2.45, 2.75) is 38.5 Å². The van der Waals surface area contributed by atoms with Gasteiger partial charge in [-0.3, -0.25) is 4.98 Å². The summed E-state index contributed by atoms with van der Waals surface area (Å²) in [7, 11) is 1.78. The lowest BCUT2D eigenvalue weighted by molar-refractivity contribution is 0.596. The first-order valence-electron chi connectivity index (χ1n) is 5.26. The second kappa shape index (κ2) is 3.37. The van der Waals surface area contributed by atoms with Crippen LogP contribution >= 0.6 is 0 Å². The molecule has 0 aromatic carbocycles. The van der Waals surface area contributed by atoms with Gasteiger partial charge in [0.1, 0.15) is 13.7 Å². The Morgan fingerprint density at radius 3 is 2.64 bits per heavy atom. The first kappa shape index (κ1) is 9.69. The lowest BCUT2D eigenvalue weighted by Crippen LogP contribution is -2.16. The van der Waals surface area contributed by atoms with Crippen LogP contribution in [0.1, 0.15) is 49.8 Å². The number of nitrogens with zero attached hydrogens (tertiary/aromatic N) is 1. The molecule has 0 unspecified atom stereocenters. The van der Waals surface area contributed by atoms with Gasteiger partial charge in [-0.05, 0) is 24.2 Å². The van der Waals surface area contributed by atoms with Crippen LogP contribution in [-0.4, -0.2) is 12.8 Å². The van der Waals surface area contributed by atoms with Crippen molar-refractivity contribution in [3.05, 3.63) is 23.3 Å². The van der Waals surface area contributed by atoms with Gasteiger partial charge >= 0.3 is 0 Å². The minimum atomic E-state index is -0.0445.